The number of nitro groups is 1. The topological polar surface area (TPSA) is 110 Å². The van der Waals surface area contributed by atoms with Crippen molar-refractivity contribution in [3.8, 4) is 0 Å². The molecular formula is C12H14N2O5. The molecule has 0 bridgehead atoms. The monoisotopic (exact) mass is 266 g/mol. The predicted molar refractivity (Wildman–Crippen MR) is 66.7 cm³/mol. The van der Waals surface area contributed by atoms with Crippen molar-refractivity contribution in [1.82, 2.24) is 5.32 Å². The highest BCUT2D eigenvalue weighted by molar-refractivity contribution is 5.82. The van der Waals surface area contributed by atoms with E-state index >= 15 is 0 Å². The van der Waals surface area contributed by atoms with Gasteiger partial charge in [0.25, 0.3) is 5.69 Å². The van der Waals surface area contributed by atoms with Gasteiger partial charge in [-0.3, -0.25) is 14.9 Å². The largest absolute Gasteiger partial charge is 0.480 e. The summed E-state index contributed by atoms with van der Waals surface area (Å²) in [6, 6.07) is 4.93. The zero-order chi connectivity index (χ0) is 14.4. The molecule has 7 heteroatoms. The lowest BCUT2D eigenvalue weighted by molar-refractivity contribution is -0.384. The Morgan fingerprint density at radius 3 is 2.37 bits per heavy atom. The predicted octanol–water partition coefficient (Wildman–Crippen LogP) is 1.12. The van der Waals surface area contributed by atoms with Gasteiger partial charge in [-0.15, -0.1) is 0 Å². The summed E-state index contributed by atoms with van der Waals surface area (Å²) < 4.78 is 0. The van der Waals surface area contributed by atoms with E-state index in [4.69, 9.17) is 5.11 Å². The molecule has 0 aliphatic rings. The van der Waals surface area contributed by atoms with E-state index in [9.17, 15) is 19.7 Å². The first-order chi connectivity index (χ1) is 8.90. The number of amides is 1. The molecule has 0 aliphatic carbocycles. The Morgan fingerprint density at radius 2 is 1.95 bits per heavy atom. The van der Waals surface area contributed by atoms with Crippen LogP contribution >= 0.6 is 0 Å². The number of nitrogens with one attached hydrogen (secondary N) is 1. The molecular weight excluding hydrogens is 252 g/mol. The van der Waals surface area contributed by atoms with Crippen LogP contribution in [-0.4, -0.2) is 27.9 Å². The normalized spacial score (nSPS) is 11.6. The van der Waals surface area contributed by atoms with Crippen LogP contribution in [0.15, 0.2) is 24.3 Å². The number of non-ortho nitro benzene ring substituents is 1. The Hall–Kier alpha value is -2.44. The van der Waals surface area contributed by atoms with Gasteiger partial charge in [0.2, 0.25) is 5.91 Å². The fraction of sp³-hybridized carbons (Fsp3) is 0.333. The second-order valence-electron chi connectivity index (χ2n) is 4.05. The summed E-state index contributed by atoms with van der Waals surface area (Å²) in [5, 5.41) is 21.7. The lowest BCUT2D eigenvalue weighted by Crippen LogP contribution is -2.39. The van der Waals surface area contributed by atoms with Gasteiger partial charge in [0.15, 0.2) is 0 Å². The third-order valence-electron chi connectivity index (χ3n) is 2.54. The third-order valence-corrected chi connectivity index (χ3v) is 2.54. The molecule has 2 N–H and O–H groups in total. The van der Waals surface area contributed by atoms with Gasteiger partial charge in [-0.2, -0.15) is 0 Å². The molecule has 0 heterocycles. The first kappa shape index (κ1) is 14.6. The van der Waals surface area contributed by atoms with Crippen LogP contribution in [0, 0.1) is 10.1 Å². The maximum atomic E-state index is 10.9. The molecule has 1 rings (SSSR count). The number of carboxylic acid groups (broad SMARTS) is 1. The van der Waals surface area contributed by atoms with Gasteiger partial charge < -0.3 is 10.4 Å². The van der Waals surface area contributed by atoms with Gasteiger partial charge in [-0.05, 0) is 18.4 Å². The summed E-state index contributed by atoms with van der Waals surface area (Å²) in [5.74, 6) is -1.51. The van der Waals surface area contributed by atoms with Crippen molar-refractivity contribution in [3.63, 3.8) is 0 Å². The van der Waals surface area contributed by atoms with Gasteiger partial charge in [0, 0.05) is 19.1 Å². The van der Waals surface area contributed by atoms with Crippen molar-refractivity contribution >= 4 is 17.6 Å². The van der Waals surface area contributed by atoms with E-state index in [2.05, 4.69) is 5.32 Å². The highest BCUT2D eigenvalue weighted by Gasteiger charge is 2.18. The van der Waals surface area contributed by atoms with E-state index < -0.39 is 22.8 Å². The molecule has 1 amide bonds. The van der Waals surface area contributed by atoms with Gasteiger partial charge in [0.05, 0.1) is 4.92 Å². The zero-order valence-electron chi connectivity index (χ0n) is 10.3. The summed E-state index contributed by atoms with van der Waals surface area (Å²) >= 11 is 0. The van der Waals surface area contributed by atoms with Crippen LogP contribution in [0.2, 0.25) is 0 Å². The number of nitro benzene ring substituents is 1. The molecule has 1 atom stereocenters. The molecule has 0 spiro atoms. The number of hydrogen-bond acceptors (Lipinski definition) is 4. The van der Waals surface area contributed by atoms with Crippen molar-refractivity contribution in [1.29, 1.82) is 0 Å². The summed E-state index contributed by atoms with van der Waals surface area (Å²) in [7, 11) is 0. The van der Waals surface area contributed by atoms with E-state index in [0.717, 1.165) is 5.56 Å². The molecule has 1 unspecified atom stereocenters. The van der Waals surface area contributed by atoms with E-state index in [1.807, 2.05) is 0 Å². The zero-order valence-corrected chi connectivity index (χ0v) is 10.3. The summed E-state index contributed by atoms with van der Waals surface area (Å²) in [6.07, 6.45) is 0.641. The van der Waals surface area contributed by atoms with Crippen molar-refractivity contribution in [2.45, 2.75) is 25.8 Å². The third kappa shape index (κ3) is 4.74. The first-order valence-corrected chi connectivity index (χ1v) is 5.63. The van der Waals surface area contributed by atoms with Crippen molar-refractivity contribution in [2.75, 3.05) is 0 Å². The Kier molecular flexibility index (Phi) is 4.99. The summed E-state index contributed by atoms with van der Waals surface area (Å²) in [4.78, 5) is 31.7. The fourth-order valence-corrected chi connectivity index (χ4v) is 1.60. The molecule has 0 fully saturated rings. The molecule has 19 heavy (non-hydrogen) atoms. The first-order valence-electron chi connectivity index (χ1n) is 5.63. The number of aliphatic carboxylic acids is 1. The van der Waals surface area contributed by atoms with Crippen LogP contribution in [0.25, 0.3) is 0 Å². The number of carboxylic acids is 1. The number of carbonyl (C=O) groups is 2. The number of aryl methyl sites for hydroxylation is 1. The van der Waals surface area contributed by atoms with Gasteiger partial charge >= 0.3 is 5.97 Å². The molecule has 7 nitrogen and oxygen atoms in total. The summed E-state index contributed by atoms with van der Waals surface area (Å²) in [6.45, 7) is 1.25. The molecule has 0 aliphatic heterocycles. The average molecular weight is 266 g/mol. The van der Waals surface area contributed by atoms with Gasteiger partial charge in [-0.1, -0.05) is 12.1 Å². The second kappa shape index (κ2) is 6.48. The molecule has 0 saturated carbocycles. The van der Waals surface area contributed by atoms with Crippen molar-refractivity contribution in [3.05, 3.63) is 39.9 Å². The standard InChI is InChI=1S/C12H14N2O5/c1-8(15)13-11(12(16)17)7-4-9-2-5-10(6-3-9)14(18)19/h2-3,5-6,11H,4,7H2,1H3,(H,13,15)(H,16,17). The SMILES string of the molecule is CC(=O)NC(CCc1ccc([N+](=O)[O-])cc1)C(=O)O. The maximum absolute atomic E-state index is 10.9. The van der Waals surface area contributed by atoms with Crippen LogP contribution in [0.5, 0.6) is 0 Å². The van der Waals surface area contributed by atoms with E-state index in [1.54, 1.807) is 12.1 Å². The lowest BCUT2D eigenvalue weighted by atomic mass is 10.0. The van der Waals surface area contributed by atoms with Crippen LogP contribution in [0.3, 0.4) is 0 Å². The number of nitrogens with zero attached hydrogens (tertiary/aromatic N) is 1. The highest BCUT2D eigenvalue weighted by atomic mass is 16.6. The number of hydrogen-bond donors (Lipinski definition) is 2. The molecule has 102 valence electrons. The van der Waals surface area contributed by atoms with Crippen LogP contribution in [-0.2, 0) is 16.0 Å². The Labute approximate surface area is 109 Å². The van der Waals surface area contributed by atoms with Crippen molar-refractivity contribution < 1.29 is 19.6 Å². The second-order valence-corrected chi connectivity index (χ2v) is 4.05. The number of benzene rings is 1. The van der Waals surface area contributed by atoms with Crippen LogP contribution < -0.4 is 5.32 Å². The van der Waals surface area contributed by atoms with Gasteiger partial charge in [0.1, 0.15) is 6.04 Å². The van der Waals surface area contributed by atoms with E-state index in [-0.39, 0.29) is 12.1 Å². The highest BCUT2D eigenvalue weighted by Crippen LogP contribution is 2.13. The van der Waals surface area contributed by atoms with Crippen LogP contribution in [0.4, 0.5) is 5.69 Å². The molecule has 1 aromatic carbocycles. The van der Waals surface area contributed by atoms with Gasteiger partial charge in [-0.25, -0.2) is 4.79 Å². The number of rotatable bonds is 6. The average Bonchev–Trinajstić information content (AvgIpc) is 2.34. The quantitative estimate of drug-likeness (QED) is 0.592. The van der Waals surface area contributed by atoms with Crippen LogP contribution in [0.1, 0.15) is 18.9 Å². The minimum atomic E-state index is -1.10. The number of carbonyl (C=O) groups excluding carboxylic acids is 1. The smallest absolute Gasteiger partial charge is 0.326 e. The maximum Gasteiger partial charge on any atom is 0.326 e. The Balaban J connectivity index is 2.61. The molecule has 0 saturated heterocycles. The summed E-state index contributed by atoms with van der Waals surface area (Å²) in [5.41, 5.74) is 0.766. The Morgan fingerprint density at radius 1 is 1.37 bits per heavy atom. The van der Waals surface area contributed by atoms with Crippen molar-refractivity contribution in [2.24, 2.45) is 0 Å². The Bertz CT molecular complexity index is 483. The lowest BCUT2D eigenvalue weighted by Gasteiger charge is -2.12. The minimum absolute atomic E-state index is 0.0135. The van der Waals surface area contributed by atoms with E-state index in [1.165, 1.54) is 19.1 Å². The minimum Gasteiger partial charge on any atom is -0.480 e. The molecule has 0 radical (unpaired) electrons. The molecule has 1 aromatic rings. The molecule has 0 aromatic heterocycles. The fourth-order valence-electron chi connectivity index (χ4n) is 1.60. The van der Waals surface area contributed by atoms with E-state index in [0.29, 0.717) is 6.42 Å².